The summed E-state index contributed by atoms with van der Waals surface area (Å²) in [5.74, 6) is 0.651. The molecule has 96 valence electrons. The van der Waals surface area contributed by atoms with Gasteiger partial charge in [-0.2, -0.15) is 0 Å². The van der Waals surface area contributed by atoms with Crippen molar-refractivity contribution in [3.8, 4) is 0 Å². The van der Waals surface area contributed by atoms with E-state index < -0.39 is 9.12 Å². The van der Waals surface area contributed by atoms with Crippen LogP contribution in [-0.4, -0.2) is 22.2 Å². The third kappa shape index (κ3) is 3.94. The quantitative estimate of drug-likeness (QED) is 0.722. The first kappa shape index (κ1) is 14.4. The molecule has 1 unspecified atom stereocenters. The normalized spacial score (nSPS) is 13.0. The van der Waals surface area contributed by atoms with Gasteiger partial charge in [0.2, 0.25) is 9.12 Å². The second-order valence-corrected chi connectivity index (χ2v) is 6.79. The number of hydrogen-bond acceptors (Lipinski definition) is 2. The zero-order chi connectivity index (χ0) is 12.7. The molecule has 0 fully saturated rings. The summed E-state index contributed by atoms with van der Waals surface area (Å²) in [5.41, 5.74) is 1.52. The van der Waals surface area contributed by atoms with Crippen LogP contribution in [0.2, 0.25) is 0 Å². The van der Waals surface area contributed by atoms with Gasteiger partial charge in [0.25, 0.3) is 0 Å². The van der Waals surface area contributed by atoms with E-state index in [0.29, 0.717) is 5.92 Å². The zero-order valence-electron chi connectivity index (χ0n) is 11.6. The summed E-state index contributed by atoms with van der Waals surface area (Å²) in [6.07, 6.45) is 1.20. The molecule has 17 heavy (non-hydrogen) atoms. The maximum absolute atomic E-state index is 3.65. The van der Waals surface area contributed by atoms with E-state index >= 15 is 0 Å². The minimum atomic E-state index is -1.20. The van der Waals surface area contributed by atoms with E-state index in [2.05, 4.69) is 61.9 Å². The van der Waals surface area contributed by atoms with Crippen molar-refractivity contribution in [3.63, 3.8) is 0 Å². The van der Waals surface area contributed by atoms with Gasteiger partial charge >= 0.3 is 0 Å². The molecule has 0 radical (unpaired) electrons. The fourth-order valence-corrected chi connectivity index (χ4v) is 4.56. The molecule has 0 aromatic heterocycles. The van der Waals surface area contributed by atoms with Gasteiger partial charge in [-0.1, -0.05) is 52.0 Å². The SMILES string of the molecule is CCN[SiH](NCC)c1ccccc1C(C)CC. The fourth-order valence-electron chi connectivity index (χ4n) is 2.14. The molecule has 0 bridgehead atoms. The summed E-state index contributed by atoms with van der Waals surface area (Å²) in [6.45, 7) is 11.0. The van der Waals surface area contributed by atoms with Crippen molar-refractivity contribution in [2.24, 2.45) is 0 Å². The first-order chi connectivity index (χ1) is 8.24. The van der Waals surface area contributed by atoms with Crippen molar-refractivity contribution in [3.05, 3.63) is 29.8 Å². The van der Waals surface area contributed by atoms with Crippen LogP contribution >= 0.6 is 0 Å². The van der Waals surface area contributed by atoms with Crippen molar-refractivity contribution in [2.45, 2.75) is 40.0 Å². The third-order valence-corrected chi connectivity index (χ3v) is 6.05. The second kappa shape index (κ2) is 7.64. The van der Waals surface area contributed by atoms with Crippen molar-refractivity contribution in [2.75, 3.05) is 13.1 Å². The molecule has 2 nitrogen and oxygen atoms in total. The van der Waals surface area contributed by atoms with Crippen molar-refractivity contribution in [1.82, 2.24) is 9.96 Å². The summed E-state index contributed by atoms with van der Waals surface area (Å²) in [6, 6.07) is 8.91. The van der Waals surface area contributed by atoms with Gasteiger partial charge in [0.1, 0.15) is 0 Å². The van der Waals surface area contributed by atoms with Crippen LogP contribution in [0.3, 0.4) is 0 Å². The Labute approximate surface area is 108 Å². The molecule has 1 aromatic carbocycles. The zero-order valence-corrected chi connectivity index (χ0v) is 12.7. The van der Waals surface area contributed by atoms with Crippen molar-refractivity contribution >= 4 is 14.3 Å². The lowest BCUT2D eigenvalue weighted by Crippen LogP contribution is -2.57. The van der Waals surface area contributed by atoms with Crippen LogP contribution in [0.5, 0.6) is 0 Å². The van der Waals surface area contributed by atoms with Gasteiger partial charge in [0.15, 0.2) is 0 Å². The van der Waals surface area contributed by atoms with Gasteiger partial charge in [-0.3, -0.25) is 0 Å². The molecule has 1 rings (SSSR count). The van der Waals surface area contributed by atoms with Crippen LogP contribution in [0.4, 0.5) is 0 Å². The van der Waals surface area contributed by atoms with Gasteiger partial charge < -0.3 is 9.96 Å². The van der Waals surface area contributed by atoms with Crippen LogP contribution in [0.25, 0.3) is 0 Å². The number of rotatable bonds is 7. The Bertz CT molecular complexity index is 322. The van der Waals surface area contributed by atoms with Crippen LogP contribution in [0, 0.1) is 0 Å². The van der Waals surface area contributed by atoms with E-state index in [9.17, 15) is 0 Å². The second-order valence-electron chi connectivity index (χ2n) is 4.49. The molecule has 0 amide bonds. The Hall–Kier alpha value is -0.643. The van der Waals surface area contributed by atoms with E-state index in [0.717, 1.165) is 13.1 Å². The van der Waals surface area contributed by atoms with Gasteiger partial charge in [-0.25, -0.2) is 0 Å². The average Bonchev–Trinajstić information content (AvgIpc) is 2.37. The first-order valence-corrected chi connectivity index (χ1v) is 8.53. The van der Waals surface area contributed by atoms with Crippen LogP contribution in [0.15, 0.2) is 24.3 Å². The van der Waals surface area contributed by atoms with Crippen LogP contribution in [-0.2, 0) is 0 Å². The Balaban J connectivity index is 2.99. The summed E-state index contributed by atoms with van der Waals surface area (Å²) in [7, 11) is -1.20. The third-order valence-electron chi connectivity index (χ3n) is 3.27. The van der Waals surface area contributed by atoms with Crippen molar-refractivity contribution < 1.29 is 0 Å². The maximum atomic E-state index is 3.65. The van der Waals surface area contributed by atoms with Gasteiger partial charge in [0, 0.05) is 0 Å². The molecule has 0 saturated carbocycles. The smallest absolute Gasteiger partial charge is 0.217 e. The van der Waals surface area contributed by atoms with E-state index in [4.69, 9.17) is 0 Å². The Kier molecular flexibility index (Phi) is 6.48. The van der Waals surface area contributed by atoms with E-state index in [-0.39, 0.29) is 0 Å². The number of hydrogen-bond donors (Lipinski definition) is 2. The molecule has 1 aromatic rings. The highest BCUT2D eigenvalue weighted by atomic mass is 28.3. The predicted octanol–water partition coefficient (Wildman–Crippen LogP) is 1.85. The minimum absolute atomic E-state index is 0.651. The first-order valence-electron chi connectivity index (χ1n) is 6.80. The summed E-state index contributed by atoms with van der Waals surface area (Å²) >= 11 is 0. The Morgan fingerprint density at radius 1 is 1.06 bits per heavy atom. The molecule has 3 heteroatoms. The van der Waals surface area contributed by atoms with Crippen LogP contribution in [0.1, 0.15) is 45.6 Å². The molecule has 0 aliphatic heterocycles. The summed E-state index contributed by atoms with van der Waals surface area (Å²) in [4.78, 5) is 7.29. The fraction of sp³-hybridized carbons (Fsp3) is 0.571. The summed E-state index contributed by atoms with van der Waals surface area (Å²) in [5, 5.41) is 1.53. The topological polar surface area (TPSA) is 24.1 Å². The van der Waals surface area contributed by atoms with E-state index in [1.54, 1.807) is 0 Å². The van der Waals surface area contributed by atoms with Gasteiger partial charge in [-0.05, 0) is 36.2 Å². The molecule has 2 N–H and O–H groups in total. The highest BCUT2D eigenvalue weighted by molar-refractivity contribution is 6.69. The average molecular weight is 250 g/mol. The highest BCUT2D eigenvalue weighted by Gasteiger charge is 2.17. The molecular weight excluding hydrogens is 224 g/mol. The molecule has 1 atom stereocenters. The summed E-state index contributed by atoms with van der Waals surface area (Å²) < 4.78 is 0. The van der Waals surface area contributed by atoms with Crippen LogP contribution < -0.4 is 15.2 Å². The standard InChI is InChI=1S/C14H26N2Si/c1-5-12(4)13-10-8-9-11-14(13)17(15-6-2)16-7-3/h8-12,15-17H,5-7H2,1-4H3. The molecule has 0 saturated heterocycles. The molecular formula is C14H26N2Si. The Morgan fingerprint density at radius 2 is 1.65 bits per heavy atom. The highest BCUT2D eigenvalue weighted by Crippen LogP contribution is 2.16. The maximum Gasteiger partial charge on any atom is 0.217 e. The molecule has 0 aliphatic carbocycles. The lowest BCUT2D eigenvalue weighted by molar-refractivity contribution is 0.736. The van der Waals surface area contributed by atoms with Gasteiger partial charge in [-0.15, -0.1) is 0 Å². The van der Waals surface area contributed by atoms with Crippen molar-refractivity contribution in [1.29, 1.82) is 0 Å². The lowest BCUT2D eigenvalue weighted by atomic mass is 9.99. The van der Waals surface area contributed by atoms with E-state index in [1.807, 2.05) is 0 Å². The monoisotopic (exact) mass is 250 g/mol. The Morgan fingerprint density at radius 3 is 2.18 bits per heavy atom. The van der Waals surface area contributed by atoms with E-state index in [1.165, 1.54) is 17.2 Å². The molecule has 0 aliphatic rings. The number of benzene rings is 1. The lowest BCUT2D eigenvalue weighted by Gasteiger charge is -2.22. The number of nitrogens with one attached hydrogen (secondary N) is 2. The predicted molar refractivity (Wildman–Crippen MR) is 79.3 cm³/mol. The molecule has 0 spiro atoms. The largest absolute Gasteiger partial charge is 0.325 e. The molecule has 0 heterocycles. The minimum Gasteiger partial charge on any atom is -0.325 e. The van der Waals surface area contributed by atoms with Gasteiger partial charge in [0.05, 0.1) is 0 Å².